The van der Waals surface area contributed by atoms with Gasteiger partial charge in [0.15, 0.2) is 5.82 Å². The zero-order valence-electron chi connectivity index (χ0n) is 18.0. The summed E-state index contributed by atoms with van der Waals surface area (Å²) < 4.78 is 6.97. The molecule has 162 valence electrons. The van der Waals surface area contributed by atoms with Crippen molar-refractivity contribution in [3.8, 4) is 11.6 Å². The van der Waals surface area contributed by atoms with Crippen LogP contribution in [0.15, 0.2) is 67.0 Å². The maximum absolute atomic E-state index is 12.4. The van der Waals surface area contributed by atoms with Crippen molar-refractivity contribution in [1.29, 1.82) is 0 Å². The molecule has 2 heterocycles. The summed E-state index contributed by atoms with van der Waals surface area (Å²) in [5.74, 6) is 2.54. The molecular weight excluding hydrogens is 406 g/mol. The van der Waals surface area contributed by atoms with Crippen molar-refractivity contribution in [3.63, 3.8) is 0 Å². The molecule has 2 amide bonds. The lowest BCUT2D eigenvalue weighted by molar-refractivity contribution is 0.262. The smallest absolute Gasteiger partial charge is 0.323 e. The van der Waals surface area contributed by atoms with Gasteiger partial charge in [-0.2, -0.15) is 5.10 Å². The van der Waals surface area contributed by atoms with Crippen molar-refractivity contribution in [2.45, 2.75) is 13.8 Å². The second-order valence-electron chi connectivity index (χ2n) is 7.09. The minimum absolute atomic E-state index is 0.357. The number of aromatic nitrogens is 4. The van der Waals surface area contributed by atoms with E-state index in [1.165, 1.54) is 0 Å². The van der Waals surface area contributed by atoms with Crippen LogP contribution in [0.1, 0.15) is 11.4 Å². The second kappa shape index (κ2) is 9.17. The Kier molecular flexibility index (Phi) is 5.98. The minimum atomic E-state index is -0.357. The van der Waals surface area contributed by atoms with E-state index < -0.39 is 0 Å². The second-order valence-corrected chi connectivity index (χ2v) is 7.09. The molecule has 0 unspecified atom stereocenters. The number of carbonyl (C=O) groups is 1. The SMILES string of the molecule is COc1ccc(C)cc1NC(=O)Nc1ccc(Nc2cc(-n3cccn3)nc(C)n2)cc1. The summed E-state index contributed by atoms with van der Waals surface area (Å²) in [7, 11) is 1.57. The molecule has 0 atom stereocenters. The van der Waals surface area contributed by atoms with Gasteiger partial charge in [-0.1, -0.05) is 6.07 Å². The van der Waals surface area contributed by atoms with E-state index >= 15 is 0 Å². The highest BCUT2D eigenvalue weighted by Gasteiger charge is 2.09. The number of rotatable bonds is 6. The highest BCUT2D eigenvalue weighted by molar-refractivity contribution is 6.00. The van der Waals surface area contributed by atoms with Crippen LogP contribution in [0.2, 0.25) is 0 Å². The summed E-state index contributed by atoms with van der Waals surface area (Å²) in [6.07, 6.45) is 3.52. The van der Waals surface area contributed by atoms with Crippen molar-refractivity contribution in [2.24, 2.45) is 0 Å². The molecule has 0 aliphatic carbocycles. The molecule has 3 N–H and O–H groups in total. The standard InChI is InChI=1S/C23H23N7O2/c1-15-5-10-20(32-3)19(13-15)29-23(31)28-18-8-6-17(7-9-18)27-21-14-22(26-16(2)25-21)30-12-4-11-24-30/h4-14H,1-3H3,(H,25,26,27)(H2,28,29,31). The molecule has 0 saturated carbocycles. The Morgan fingerprint density at radius 1 is 0.969 bits per heavy atom. The van der Waals surface area contributed by atoms with Gasteiger partial charge in [0.2, 0.25) is 0 Å². The van der Waals surface area contributed by atoms with Gasteiger partial charge in [0.1, 0.15) is 17.4 Å². The fraction of sp³-hybridized carbons (Fsp3) is 0.130. The van der Waals surface area contributed by atoms with Crippen molar-refractivity contribution in [1.82, 2.24) is 19.7 Å². The number of amides is 2. The number of hydrogen-bond acceptors (Lipinski definition) is 6. The van der Waals surface area contributed by atoms with Gasteiger partial charge in [-0.05, 0) is 61.9 Å². The van der Waals surface area contributed by atoms with Crippen LogP contribution in [0.3, 0.4) is 0 Å². The maximum Gasteiger partial charge on any atom is 0.323 e. The van der Waals surface area contributed by atoms with Crippen LogP contribution in [0.4, 0.5) is 27.7 Å². The first-order valence-electron chi connectivity index (χ1n) is 9.95. The van der Waals surface area contributed by atoms with Crippen LogP contribution >= 0.6 is 0 Å². The molecule has 4 aromatic rings. The Morgan fingerprint density at radius 3 is 2.47 bits per heavy atom. The molecule has 9 nitrogen and oxygen atoms in total. The van der Waals surface area contributed by atoms with E-state index in [2.05, 4.69) is 31.0 Å². The quantitative estimate of drug-likeness (QED) is 0.411. The summed E-state index contributed by atoms with van der Waals surface area (Å²) in [6, 6.07) is 16.2. The van der Waals surface area contributed by atoms with E-state index in [-0.39, 0.29) is 6.03 Å². The number of ether oxygens (including phenoxy) is 1. The van der Waals surface area contributed by atoms with Crippen molar-refractivity contribution < 1.29 is 9.53 Å². The van der Waals surface area contributed by atoms with Crippen molar-refractivity contribution in [2.75, 3.05) is 23.1 Å². The lowest BCUT2D eigenvalue weighted by Gasteiger charge is -2.12. The number of urea groups is 1. The fourth-order valence-electron chi connectivity index (χ4n) is 3.13. The summed E-state index contributed by atoms with van der Waals surface area (Å²) >= 11 is 0. The monoisotopic (exact) mass is 429 g/mol. The van der Waals surface area contributed by atoms with Crippen molar-refractivity contribution >= 4 is 28.9 Å². The van der Waals surface area contributed by atoms with Gasteiger partial charge in [0, 0.05) is 29.8 Å². The maximum atomic E-state index is 12.4. The molecule has 32 heavy (non-hydrogen) atoms. The summed E-state index contributed by atoms with van der Waals surface area (Å²) in [6.45, 7) is 3.78. The molecule has 0 fully saturated rings. The Morgan fingerprint density at radius 2 is 1.75 bits per heavy atom. The van der Waals surface area contributed by atoms with E-state index in [1.807, 2.05) is 62.5 Å². The van der Waals surface area contributed by atoms with Crippen molar-refractivity contribution in [3.05, 3.63) is 78.4 Å². The number of nitrogens with zero attached hydrogens (tertiary/aromatic N) is 4. The molecule has 9 heteroatoms. The zero-order valence-corrected chi connectivity index (χ0v) is 18.0. The van der Waals surface area contributed by atoms with Gasteiger partial charge in [-0.3, -0.25) is 0 Å². The third kappa shape index (κ3) is 5.01. The average molecular weight is 429 g/mol. The van der Waals surface area contributed by atoms with Gasteiger partial charge in [-0.25, -0.2) is 19.4 Å². The van der Waals surface area contributed by atoms with E-state index in [0.29, 0.717) is 34.6 Å². The molecule has 0 spiro atoms. The van der Waals surface area contributed by atoms with Gasteiger partial charge >= 0.3 is 6.03 Å². The van der Waals surface area contributed by atoms with E-state index in [9.17, 15) is 4.79 Å². The molecular formula is C23H23N7O2. The van der Waals surface area contributed by atoms with Crippen LogP contribution < -0.4 is 20.7 Å². The van der Waals surface area contributed by atoms with E-state index in [0.717, 1.165) is 11.3 Å². The summed E-state index contributed by atoms with van der Waals surface area (Å²) in [5.41, 5.74) is 3.10. The van der Waals surface area contributed by atoms with Crippen LogP contribution in [0, 0.1) is 13.8 Å². The average Bonchev–Trinajstić information content (AvgIpc) is 3.30. The highest BCUT2D eigenvalue weighted by Crippen LogP contribution is 2.25. The Bertz CT molecular complexity index is 1220. The molecule has 0 bridgehead atoms. The van der Waals surface area contributed by atoms with Gasteiger partial charge < -0.3 is 20.7 Å². The predicted octanol–water partition coefficient (Wildman–Crippen LogP) is 4.68. The number of aryl methyl sites for hydroxylation is 2. The normalized spacial score (nSPS) is 10.5. The third-order valence-corrected chi connectivity index (χ3v) is 4.58. The largest absolute Gasteiger partial charge is 0.495 e. The highest BCUT2D eigenvalue weighted by atomic mass is 16.5. The lowest BCUT2D eigenvalue weighted by atomic mass is 10.2. The van der Waals surface area contributed by atoms with Crippen LogP contribution in [-0.4, -0.2) is 32.9 Å². The van der Waals surface area contributed by atoms with Gasteiger partial charge in [0.05, 0.1) is 12.8 Å². The number of anilines is 4. The molecule has 2 aromatic heterocycles. The number of hydrogen-bond donors (Lipinski definition) is 3. The topological polar surface area (TPSA) is 106 Å². The first kappa shape index (κ1) is 20.9. The minimum Gasteiger partial charge on any atom is -0.495 e. The molecule has 4 rings (SSSR count). The lowest BCUT2D eigenvalue weighted by Crippen LogP contribution is -2.19. The number of benzene rings is 2. The third-order valence-electron chi connectivity index (χ3n) is 4.58. The molecule has 0 aliphatic rings. The first-order valence-corrected chi connectivity index (χ1v) is 9.95. The summed E-state index contributed by atoms with van der Waals surface area (Å²) in [4.78, 5) is 21.2. The van der Waals surface area contributed by atoms with E-state index in [1.54, 1.807) is 30.1 Å². The Hall–Kier alpha value is -4.40. The van der Waals surface area contributed by atoms with Gasteiger partial charge in [-0.15, -0.1) is 0 Å². The van der Waals surface area contributed by atoms with Gasteiger partial charge in [0.25, 0.3) is 0 Å². The number of methoxy groups -OCH3 is 1. The Balaban J connectivity index is 1.42. The zero-order chi connectivity index (χ0) is 22.5. The number of nitrogens with one attached hydrogen (secondary N) is 3. The molecule has 2 aromatic carbocycles. The van der Waals surface area contributed by atoms with Crippen LogP contribution in [0.25, 0.3) is 5.82 Å². The fourth-order valence-corrected chi connectivity index (χ4v) is 3.13. The van der Waals surface area contributed by atoms with Crippen LogP contribution in [0.5, 0.6) is 5.75 Å². The van der Waals surface area contributed by atoms with E-state index in [4.69, 9.17) is 4.74 Å². The first-order chi connectivity index (χ1) is 15.5. The molecule has 0 aliphatic heterocycles. The number of carbonyl (C=O) groups excluding carboxylic acids is 1. The Labute approximate surface area is 185 Å². The van der Waals surface area contributed by atoms with Crippen LogP contribution in [-0.2, 0) is 0 Å². The molecule has 0 radical (unpaired) electrons. The summed E-state index contributed by atoms with van der Waals surface area (Å²) in [5, 5.41) is 13.1. The molecule has 0 saturated heterocycles. The predicted molar refractivity (Wildman–Crippen MR) is 124 cm³/mol.